The maximum absolute atomic E-state index is 12.4. The first-order valence-electron chi connectivity index (χ1n) is 7.80. The van der Waals surface area contributed by atoms with Crippen LogP contribution in [0.1, 0.15) is 56.0 Å². The molecule has 2 aromatic rings. The van der Waals surface area contributed by atoms with Gasteiger partial charge >= 0.3 is 0 Å². The number of fused-ring (bicyclic) bond motifs is 1. The summed E-state index contributed by atoms with van der Waals surface area (Å²) in [7, 11) is 0. The van der Waals surface area contributed by atoms with Gasteiger partial charge in [-0.1, -0.05) is 24.1 Å². The Hall–Kier alpha value is -2.14. The highest BCUT2D eigenvalue weighted by molar-refractivity contribution is 7.17. The number of thiophene rings is 1. The predicted molar refractivity (Wildman–Crippen MR) is 89.0 cm³/mol. The summed E-state index contributed by atoms with van der Waals surface area (Å²) in [6, 6.07) is 7.19. The summed E-state index contributed by atoms with van der Waals surface area (Å²) in [5.74, 6) is -1.49. The fourth-order valence-electron chi connectivity index (χ4n) is 2.93. The first-order chi connectivity index (χ1) is 11.1. The normalized spacial score (nSPS) is 14.0. The minimum absolute atomic E-state index is 0.173. The third kappa shape index (κ3) is 3.29. The number of aryl methyl sites for hydroxylation is 2. The third-order valence-electron chi connectivity index (χ3n) is 4.17. The molecule has 1 amide bonds. The van der Waals surface area contributed by atoms with E-state index < -0.39 is 5.97 Å². The van der Waals surface area contributed by atoms with Crippen molar-refractivity contribution in [1.29, 1.82) is 0 Å². The molecule has 0 radical (unpaired) electrons. The van der Waals surface area contributed by atoms with Crippen LogP contribution in [0.5, 0.6) is 0 Å². The Morgan fingerprint density at radius 3 is 2.48 bits per heavy atom. The molecule has 0 atom stereocenters. The van der Waals surface area contributed by atoms with Crippen LogP contribution in [-0.4, -0.2) is 11.9 Å². The summed E-state index contributed by atoms with van der Waals surface area (Å²) in [4.78, 5) is 25.0. The second kappa shape index (κ2) is 6.54. The number of carboxylic acids is 1. The van der Waals surface area contributed by atoms with Gasteiger partial charge in [0.2, 0.25) is 0 Å². The monoisotopic (exact) mass is 328 g/mol. The summed E-state index contributed by atoms with van der Waals surface area (Å²) in [6.45, 7) is 1.95. The van der Waals surface area contributed by atoms with E-state index in [0.717, 1.165) is 48.1 Å². The average Bonchev–Trinajstić information content (AvgIpc) is 2.69. The molecule has 0 saturated carbocycles. The summed E-state index contributed by atoms with van der Waals surface area (Å²) >= 11 is 1.38. The van der Waals surface area contributed by atoms with E-state index in [1.807, 2.05) is 19.1 Å². The molecule has 120 valence electrons. The third-order valence-corrected chi connectivity index (χ3v) is 5.37. The molecule has 1 aliphatic rings. The molecule has 1 aromatic carbocycles. The summed E-state index contributed by atoms with van der Waals surface area (Å²) in [5.41, 5.74) is 2.61. The zero-order chi connectivity index (χ0) is 16.4. The van der Waals surface area contributed by atoms with Crippen LogP contribution in [0, 0.1) is 6.92 Å². The van der Waals surface area contributed by atoms with E-state index in [9.17, 15) is 14.7 Å². The topological polar surface area (TPSA) is 69.2 Å². The number of hydrogen-bond acceptors (Lipinski definition) is 4. The molecule has 1 N–H and O–H groups in total. The van der Waals surface area contributed by atoms with Crippen LogP contribution in [0.2, 0.25) is 0 Å². The van der Waals surface area contributed by atoms with Crippen molar-refractivity contribution < 1.29 is 14.7 Å². The second-order valence-corrected chi connectivity index (χ2v) is 6.98. The van der Waals surface area contributed by atoms with E-state index >= 15 is 0 Å². The lowest BCUT2D eigenvalue weighted by Crippen LogP contribution is -2.25. The quantitative estimate of drug-likeness (QED) is 0.881. The van der Waals surface area contributed by atoms with Gasteiger partial charge in [0.25, 0.3) is 5.91 Å². The zero-order valence-electron chi connectivity index (χ0n) is 13.0. The van der Waals surface area contributed by atoms with Gasteiger partial charge in [0.15, 0.2) is 0 Å². The number of nitrogens with one attached hydrogen (secondary N) is 1. The van der Waals surface area contributed by atoms with Crippen molar-refractivity contribution in [2.75, 3.05) is 5.32 Å². The van der Waals surface area contributed by atoms with Crippen LogP contribution < -0.4 is 10.4 Å². The molecule has 1 heterocycles. The molecule has 0 saturated heterocycles. The largest absolute Gasteiger partial charge is 0.545 e. The molecule has 0 aliphatic heterocycles. The number of anilines is 1. The van der Waals surface area contributed by atoms with Crippen molar-refractivity contribution in [3.8, 4) is 0 Å². The van der Waals surface area contributed by atoms with E-state index in [1.165, 1.54) is 11.3 Å². The second-order valence-electron chi connectivity index (χ2n) is 5.88. The number of hydrogen-bond donors (Lipinski definition) is 1. The van der Waals surface area contributed by atoms with Crippen LogP contribution in [0.15, 0.2) is 24.3 Å². The Labute approximate surface area is 139 Å². The zero-order valence-corrected chi connectivity index (χ0v) is 13.8. The van der Waals surface area contributed by atoms with E-state index in [0.29, 0.717) is 10.6 Å². The molecular weight excluding hydrogens is 310 g/mol. The van der Waals surface area contributed by atoms with Crippen LogP contribution >= 0.6 is 11.3 Å². The maximum Gasteiger partial charge on any atom is 0.256 e. The summed E-state index contributed by atoms with van der Waals surface area (Å²) in [6.07, 6.45) is 4.77. The SMILES string of the molecule is Cc1ccc(C(=O)Nc2sc3c(c2C(=O)[O-])CCCCC3)cc1. The maximum atomic E-state index is 12.4. The number of carbonyl (C=O) groups excluding carboxylic acids is 2. The Morgan fingerprint density at radius 2 is 1.78 bits per heavy atom. The van der Waals surface area contributed by atoms with Gasteiger partial charge in [-0.2, -0.15) is 0 Å². The summed E-state index contributed by atoms with van der Waals surface area (Å²) < 4.78 is 0. The molecule has 0 unspecified atom stereocenters. The number of aromatic carboxylic acids is 1. The average molecular weight is 328 g/mol. The highest BCUT2D eigenvalue weighted by Gasteiger charge is 2.22. The molecule has 0 fully saturated rings. The van der Waals surface area contributed by atoms with Crippen LogP contribution in [0.3, 0.4) is 0 Å². The fourth-order valence-corrected chi connectivity index (χ4v) is 4.20. The van der Waals surface area contributed by atoms with Crippen molar-refractivity contribution in [2.45, 2.75) is 39.0 Å². The van der Waals surface area contributed by atoms with Gasteiger partial charge in [-0.25, -0.2) is 0 Å². The van der Waals surface area contributed by atoms with Gasteiger partial charge in [0.05, 0.1) is 5.97 Å². The van der Waals surface area contributed by atoms with Crippen molar-refractivity contribution in [3.63, 3.8) is 0 Å². The van der Waals surface area contributed by atoms with Gasteiger partial charge in [0.1, 0.15) is 5.00 Å². The molecule has 5 heteroatoms. The first-order valence-corrected chi connectivity index (χ1v) is 8.62. The highest BCUT2D eigenvalue weighted by atomic mass is 32.1. The Morgan fingerprint density at radius 1 is 1.09 bits per heavy atom. The smallest absolute Gasteiger partial charge is 0.256 e. The van der Waals surface area contributed by atoms with Crippen molar-refractivity contribution in [3.05, 3.63) is 51.4 Å². The Kier molecular flexibility index (Phi) is 4.48. The van der Waals surface area contributed by atoms with Crippen LogP contribution in [-0.2, 0) is 12.8 Å². The number of rotatable bonds is 3. The molecular formula is C18H18NO3S-. The molecule has 0 bridgehead atoms. The van der Waals surface area contributed by atoms with Crippen LogP contribution in [0.25, 0.3) is 0 Å². The Bertz CT molecular complexity index is 746. The van der Waals surface area contributed by atoms with Crippen LogP contribution in [0.4, 0.5) is 5.00 Å². The first kappa shape index (κ1) is 15.7. The van der Waals surface area contributed by atoms with Gasteiger partial charge < -0.3 is 15.2 Å². The lowest BCUT2D eigenvalue weighted by molar-refractivity contribution is -0.254. The minimum Gasteiger partial charge on any atom is -0.545 e. The number of carbonyl (C=O) groups is 2. The van der Waals surface area contributed by atoms with Gasteiger partial charge in [-0.3, -0.25) is 4.79 Å². The highest BCUT2D eigenvalue weighted by Crippen LogP contribution is 2.37. The number of carboxylic acid groups (broad SMARTS) is 1. The number of benzene rings is 1. The van der Waals surface area contributed by atoms with Gasteiger partial charge in [0, 0.05) is 16.0 Å². The molecule has 4 nitrogen and oxygen atoms in total. The van der Waals surface area contributed by atoms with E-state index in [1.54, 1.807) is 12.1 Å². The lowest BCUT2D eigenvalue weighted by atomic mass is 10.1. The molecule has 1 aromatic heterocycles. The Balaban J connectivity index is 1.92. The molecule has 3 rings (SSSR count). The minimum atomic E-state index is -1.20. The molecule has 23 heavy (non-hydrogen) atoms. The van der Waals surface area contributed by atoms with Gasteiger partial charge in [-0.05, 0) is 50.3 Å². The standard InChI is InChI=1S/C18H19NO3S/c1-11-7-9-12(10-8-11)16(20)19-17-15(18(21)22)13-5-3-2-4-6-14(13)23-17/h7-10H,2-6H2,1H3,(H,19,20)(H,21,22)/p-1. The van der Waals surface area contributed by atoms with E-state index in [-0.39, 0.29) is 11.5 Å². The molecule has 0 spiro atoms. The van der Waals surface area contributed by atoms with E-state index in [4.69, 9.17) is 0 Å². The van der Waals surface area contributed by atoms with Crippen molar-refractivity contribution >= 4 is 28.2 Å². The fraction of sp³-hybridized carbons (Fsp3) is 0.333. The number of amides is 1. The predicted octanol–water partition coefficient (Wildman–Crippen LogP) is 2.94. The molecule has 1 aliphatic carbocycles. The summed E-state index contributed by atoms with van der Waals surface area (Å²) in [5, 5.41) is 14.7. The lowest BCUT2D eigenvalue weighted by Gasteiger charge is -2.10. The van der Waals surface area contributed by atoms with E-state index in [2.05, 4.69) is 5.32 Å². The van der Waals surface area contributed by atoms with Gasteiger partial charge in [-0.15, -0.1) is 11.3 Å². The van der Waals surface area contributed by atoms with Crippen molar-refractivity contribution in [2.24, 2.45) is 0 Å². The van der Waals surface area contributed by atoms with Crippen molar-refractivity contribution in [1.82, 2.24) is 0 Å².